The van der Waals surface area contributed by atoms with Crippen molar-refractivity contribution in [3.8, 4) is 16.9 Å². The SMILES string of the molecule is CCC(C)NC(=O)c1cc(-c2ccc(F)cc2)nn1-c1ccc(Cl)cc1. The van der Waals surface area contributed by atoms with Crippen LogP contribution in [-0.4, -0.2) is 21.7 Å². The molecule has 2 aromatic carbocycles. The highest BCUT2D eigenvalue weighted by atomic mass is 35.5. The van der Waals surface area contributed by atoms with Crippen molar-refractivity contribution in [1.82, 2.24) is 15.1 Å². The van der Waals surface area contributed by atoms with Crippen LogP contribution in [0.3, 0.4) is 0 Å². The van der Waals surface area contributed by atoms with Gasteiger partial charge in [0.25, 0.3) is 5.91 Å². The molecule has 0 aliphatic carbocycles. The lowest BCUT2D eigenvalue weighted by atomic mass is 10.1. The summed E-state index contributed by atoms with van der Waals surface area (Å²) >= 11 is 5.96. The predicted octanol–water partition coefficient (Wildman–Crippen LogP) is 4.86. The van der Waals surface area contributed by atoms with E-state index in [9.17, 15) is 9.18 Å². The summed E-state index contributed by atoms with van der Waals surface area (Å²) in [4.78, 5) is 12.7. The summed E-state index contributed by atoms with van der Waals surface area (Å²) in [5.74, 6) is -0.532. The minimum Gasteiger partial charge on any atom is -0.348 e. The van der Waals surface area contributed by atoms with Crippen molar-refractivity contribution < 1.29 is 9.18 Å². The molecule has 3 rings (SSSR count). The van der Waals surface area contributed by atoms with Crippen LogP contribution in [0.4, 0.5) is 4.39 Å². The molecular weight excluding hydrogens is 353 g/mol. The monoisotopic (exact) mass is 371 g/mol. The molecule has 0 radical (unpaired) electrons. The van der Waals surface area contributed by atoms with Crippen LogP contribution in [0, 0.1) is 5.82 Å². The first-order valence-electron chi connectivity index (χ1n) is 8.40. The van der Waals surface area contributed by atoms with Crippen LogP contribution in [0.2, 0.25) is 5.02 Å². The fourth-order valence-electron chi connectivity index (χ4n) is 2.48. The largest absolute Gasteiger partial charge is 0.348 e. The number of halogens is 2. The fourth-order valence-corrected chi connectivity index (χ4v) is 2.61. The van der Waals surface area contributed by atoms with Gasteiger partial charge in [-0.3, -0.25) is 4.79 Å². The lowest BCUT2D eigenvalue weighted by molar-refractivity contribution is 0.0931. The normalized spacial score (nSPS) is 12.0. The third-order valence-corrected chi connectivity index (χ3v) is 4.40. The van der Waals surface area contributed by atoms with E-state index in [1.807, 2.05) is 13.8 Å². The molecule has 3 aromatic rings. The lowest BCUT2D eigenvalue weighted by Crippen LogP contribution is -2.33. The summed E-state index contributed by atoms with van der Waals surface area (Å²) in [6.45, 7) is 3.95. The van der Waals surface area contributed by atoms with Crippen molar-refractivity contribution >= 4 is 17.5 Å². The highest BCUT2D eigenvalue weighted by Crippen LogP contribution is 2.23. The van der Waals surface area contributed by atoms with E-state index >= 15 is 0 Å². The van der Waals surface area contributed by atoms with E-state index in [0.29, 0.717) is 16.4 Å². The molecule has 0 saturated carbocycles. The van der Waals surface area contributed by atoms with Crippen molar-refractivity contribution in [3.05, 3.63) is 71.1 Å². The molecule has 0 saturated heterocycles. The summed E-state index contributed by atoms with van der Waals surface area (Å²) < 4.78 is 14.8. The highest BCUT2D eigenvalue weighted by Gasteiger charge is 2.18. The smallest absolute Gasteiger partial charge is 0.270 e. The summed E-state index contributed by atoms with van der Waals surface area (Å²) in [5, 5.41) is 8.11. The molecule has 0 bridgehead atoms. The first-order chi connectivity index (χ1) is 12.5. The third kappa shape index (κ3) is 3.94. The predicted molar refractivity (Wildman–Crippen MR) is 101 cm³/mol. The molecule has 134 valence electrons. The van der Waals surface area contributed by atoms with Crippen molar-refractivity contribution in [2.45, 2.75) is 26.3 Å². The number of hydrogen-bond acceptors (Lipinski definition) is 2. The zero-order valence-electron chi connectivity index (χ0n) is 14.5. The zero-order chi connectivity index (χ0) is 18.7. The topological polar surface area (TPSA) is 46.9 Å². The molecule has 0 aliphatic rings. The Morgan fingerprint density at radius 1 is 1.19 bits per heavy atom. The van der Waals surface area contributed by atoms with E-state index in [4.69, 9.17) is 11.6 Å². The Hall–Kier alpha value is -2.66. The van der Waals surface area contributed by atoms with Gasteiger partial charge in [0.05, 0.1) is 11.4 Å². The Morgan fingerprint density at radius 2 is 1.85 bits per heavy atom. The molecule has 1 heterocycles. The van der Waals surface area contributed by atoms with E-state index in [1.165, 1.54) is 12.1 Å². The van der Waals surface area contributed by atoms with Gasteiger partial charge in [-0.05, 0) is 67.9 Å². The van der Waals surface area contributed by atoms with Gasteiger partial charge in [0.1, 0.15) is 11.5 Å². The Balaban J connectivity index is 2.06. The zero-order valence-corrected chi connectivity index (χ0v) is 15.3. The minimum absolute atomic E-state index is 0.0466. The van der Waals surface area contributed by atoms with E-state index in [0.717, 1.165) is 17.7 Å². The maximum Gasteiger partial charge on any atom is 0.270 e. The average Bonchev–Trinajstić information content (AvgIpc) is 3.08. The molecule has 0 aliphatic heterocycles. The van der Waals surface area contributed by atoms with Crippen molar-refractivity contribution in [2.75, 3.05) is 0 Å². The molecule has 1 aromatic heterocycles. The Bertz CT molecular complexity index is 904. The molecule has 1 N–H and O–H groups in total. The summed E-state index contributed by atoms with van der Waals surface area (Å²) in [7, 11) is 0. The second-order valence-electron chi connectivity index (χ2n) is 6.09. The van der Waals surface area contributed by atoms with Gasteiger partial charge in [-0.1, -0.05) is 18.5 Å². The first-order valence-corrected chi connectivity index (χ1v) is 8.78. The number of benzene rings is 2. The van der Waals surface area contributed by atoms with Crippen molar-refractivity contribution in [3.63, 3.8) is 0 Å². The van der Waals surface area contributed by atoms with Crippen molar-refractivity contribution in [2.24, 2.45) is 0 Å². The molecular formula is C20H19ClFN3O. The fraction of sp³-hybridized carbons (Fsp3) is 0.200. The summed E-state index contributed by atoms with van der Waals surface area (Å²) in [6.07, 6.45) is 0.825. The molecule has 0 spiro atoms. The number of amides is 1. The van der Waals surface area contributed by atoms with Crippen LogP contribution >= 0.6 is 11.6 Å². The number of nitrogens with one attached hydrogen (secondary N) is 1. The summed E-state index contributed by atoms with van der Waals surface area (Å²) in [5.41, 5.74) is 2.45. The van der Waals surface area contributed by atoms with Crippen LogP contribution in [-0.2, 0) is 0 Å². The van der Waals surface area contributed by atoms with Gasteiger partial charge in [0.15, 0.2) is 0 Å². The van der Waals surface area contributed by atoms with Crippen LogP contribution in [0.5, 0.6) is 0 Å². The number of carbonyl (C=O) groups excluding carboxylic acids is 1. The number of rotatable bonds is 5. The highest BCUT2D eigenvalue weighted by molar-refractivity contribution is 6.30. The van der Waals surface area contributed by atoms with E-state index in [1.54, 1.807) is 47.1 Å². The quantitative estimate of drug-likeness (QED) is 0.696. The first kappa shape index (κ1) is 18.1. The van der Waals surface area contributed by atoms with Crippen LogP contribution in [0.15, 0.2) is 54.6 Å². The van der Waals surface area contributed by atoms with Gasteiger partial charge in [-0.15, -0.1) is 0 Å². The van der Waals surface area contributed by atoms with Gasteiger partial charge < -0.3 is 5.32 Å². The molecule has 4 nitrogen and oxygen atoms in total. The molecule has 1 amide bonds. The average molecular weight is 372 g/mol. The van der Waals surface area contributed by atoms with Gasteiger partial charge >= 0.3 is 0 Å². The van der Waals surface area contributed by atoms with Gasteiger partial charge in [-0.25, -0.2) is 9.07 Å². The standard InChI is InChI=1S/C20H19ClFN3O/c1-3-13(2)23-20(26)19-12-18(14-4-8-16(22)9-5-14)24-25(19)17-10-6-15(21)7-11-17/h4-13H,3H2,1-2H3,(H,23,26). The number of nitrogens with zero attached hydrogens (tertiary/aromatic N) is 2. The van der Waals surface area contributed by atoms with Crippen LogP contribution < -0.4 is 5.32 Å². The molecule has 0 fully saturated rings. The second kappa shape index (κ2) is 7.70. The maximum absolute atomic E-state index is 13.2. The van der Waals surface area contributed by atoms with Gasteiger partial charge in [0.2, 0.25) is 0 Å². The van der Waals surface area contributed by atoms with E-state index < -0.39 is 0 Å². The maximum atomic E-state index is 13.2. The molecule has 6 heteroatoms. The second-order valence-corrected chi connectivity index (χ2v) is 6.53. The number of aromatic nitrogens is 2. The van der Waals surface area contributed by atoms with Crippen molar-refractivity contribution in [1.29, 1.82) is 0 Å². The Labute approximate surface area is 156 Å². The Morgan fingerprint density at radius 3 is 2.46 bits per heavy atom. The minimum atomic E-state index is -0.319. The van der Waals surface area contributed by atoms with E-state index in [-0.39, 0.29) is 17.8 Å². The van der Waals surface area contributed by atoms with Crippen LogP contribution in [0.25, 0.3) is 16.9 Å². The lowest BCUT2D eigenvalue weighted by Gasteiger charge is -2.12. The Kier molecular flexibility index (Phi) is 5.38. The number of hydrogen-bond donors (Lipinski definition) is 1. The molecule has 1 unspecified atom stereocenters. The third-order valence-electron chi connectivity index (χ3n) is 4.14. The number of carbonyl (C=O) groups is 1. The molecule has 1 atom stereocenters. The van der Waals surface area contributed by atoms with Crippen LogP contribution in [0.1, 0.15) is 30.8 Å². The van der Waals surface area contributed by atoms with E-state index in [2.05, 4.69) is 10.4 Å². The van der Waals surface area contributed by atoms with Gasteiger partial charge in [-0.2, -0.15) is 5.10 Å². The van der Waals surface area contributed by atoms with Gasteiger partial charge in [0, 0.05) is 16.6 Å². The molecule has 26 heavy (non-hydrogen) atoms. The summed E-state index contributed by atoms with van der Waals surface area (Å²) in [6, 6.07) is 14.8.